The van der Waals surface area contributed by atoms with E-state index in [9.17, 15) is 0 Å². The third-order valence-corrected chi connectivity index (χ3v) is 11.6. The van der Waals surface area contributed by atoms with Crippen LogP contribution < -0.4 is 10.4 Å². The number of hydrogen-bond donors (Lipinski definition) is 0. The molecule has 2 aromatic carbocycles. The van der Waals surface area contributed by atoms with Gasteiger partial charge in [0.1, 0.15) is 8.80 Å². The van der Waals surface area contributed by atoms with Crippen LogP contribution in [0.5, 0.6) is 0 Å². The van der Waals surface area contributed by atoms with E-state index in [1.54, 1.807) is 10.4 Å². The van der Waals surface area contributed by atoms with Crippen LogP contribution in [0.2, 0.25) is 0 Å². The van der Waals surface area contributed by atoms with Crippen molar-refractivity contribution in [3.05, 3.63) is 60.7 Å². The molecule has 0 amide bonds. The highest BCUT2D eigenvalue weighted by molar-refractivity contribution is 8.00. The topological polar surface area (TPSA) is 0 Å². The third-order valence-electron chi connectivity index (χ3n) is 5.41. The first-order valence-corrected chi connectivity index (χ1v) is 14.1. The van der Waals surface area contributed by atoms with Crippen molar-refractivity contribution in [2.45, 2.75) is 25.7 Å². The van der Waals surface area contributed by atoms with Gasteiger partial charge in [0, 0.05) is 0 Å². The van der Waals surface area contributed by atoms with Crippen LogP contribution in [0.3, 0.4) is 0 Å². The number of benzene rings is 2. The second-order valence-corrected chi connectivity index (χ2v) is 12.7. The van der Waals surface area contributed by atoms with Gasteiger partial charge in [-0.1, -0.05) is 71.0 Å². The second-order valence-electron chi connectivity index (χ2n) is 7.25. The van der Waals surface area contributed by atoms with Gasteiger partial charge < -0.3 is 0 Å². The monoisotopic (exact) mass is 386 g/mol. The first-order chi connectivity index (χ1) is 12.4. The van der Waals surface area contributed by atoms with E-state index in [1.807, 2.05) is 11.8 Å². The summed E-state index contributed by atoms with van der Waals surface area (Å²) in [5.41, 5.74) is 0. The zero-order valence-corrected chi connectivity index (χ0v) is 18.1. The van der Waals surface area contributed by atoms with Crippen LogP contribution in [0.15, 0.2) is 60.7 Å². The van der Waals surface area contributed by atoms with Crippen molar-refractivity contribution >= 4 is 42.7 Å². The fourth-order valence-corrected chi connectivity index (χ4v) is 10.2. The van der Waals surface area contributed by atoms with E-state index in [-0.39, 0.29) is 0 Å². The molecule has 25 heavy (non-hydrogen) atoms. The molecule has 0 unspecified atom stereocenters. The van der Waals surface area contributed by atoms with Gasteiger partial charge in [-0.2, -0.15) is 23.5 Å². The van der Waals surface area contributed by atoms with Crippen molar-refractivity contribution in [1.29, 1.82) is 0 Å². The Morgan fingerprint density at radius 3 is 1.72 bits per heavy atom. The molecule has 0 heterocycles. The minimum absolute atomic E-state index is 0.962. The first-order valence-electron chi connectivity index (χ1n) is 9.53. The smallest absolute Gasteiger partial charge is 0.112 e. The Bertz CT molecular complexity index is 554. The molecule has 0 N–H and O–H groups in total. The van der Waals surface area contributed by atoms with Crippen molar-refractivity contribution in [3.8, 4) is 0 Å². The quantitative estimate of drug-likeness (QED) is 0.614. The summed E-state index contributed by atoms with van der Waals surface area (Å²) < 4.78 is 0. The van der Waals surface area contributed by atoms with Gasteiger partial charge in [-0.15, -0.1) is 0 Å². The lowest BCUT2D eigenvalue weighted by Crippen LogP contribution is -2.44. The van der Waals surface area contributed by atoms with Crippen molar-refractivity contribution < 1.29 is 0 Å². The second kappa shape index (κ2) is 10.5. The van der Waals surface area contributed by atoms with Crippen LogP contribution in [0, 0.1) is 11.8 Å². The van der Waals surface area contributed by atoms with E-state index in [1.165, 1.54) is 42.6 Å². The zero-order valence-electron chi connectivity index (χ0n) is 15.3. The normalized spacial score (nSPS) is 20.7. The first kappa shape index (κ1) is 19.1. The molecule has 1 aliphatic carbocycles. The highest BCUT2D eigenvalue weighted by atomic mass is 32.2. The van der Waals surface area contributed by atoms with Gasteiger partial charge in [0.15, 0.2) is 0 Å². The third kappa shape index (κ3) is 5.94. The fraction of sp³-hybridized carbons (Fsp3) is 0.455. The van der Waals surface area contributed by atoms with Gasteiger partial charge in [0.05, 0.1) is 0 Å². The lowest BCUT2D eigenvalue weighted by molar-refractivity contribution is 0.315. The molecule has 0 spiro atoms. The predicted octanol–water partition coefficient (Wildman–Crippen LogP) is 4.47. The van der Waals surface area contributed by atoms with E-state index in [0.29, 0.717) is 0 Å². The summed E-state index contributed by atoms with van der Waals surface area (Å²) in [6, 6.07) is 22.5. The molecular formula is C22H30S2Si. The van der Waals surface area contributed by atoms with Crippen molar-refractivity contribution in [2.24, 2.45) is 11.8 Å². The summed E-state index contributed by atoms with van der Waals surface area (Å²) in [7, 11) is -1.09. The molecule has 3 rings (SSSR count). The van der Waals surface area contributed by atoms with Gasteiger partial charge in [-0.3, -0.25) is 0 Å². The van der Waals surface area contributed by atoms with E-state index >= 15 is 0 Å². The van der Waals surface area contributed by atoms with Crippen LogP contribution >= 0.6 is 23.5 Å². The summed E-state index contributed by atoms with van der Waals surface area (Å²) in [5, 5.41) is 4.51. The van der Waals surface area contributed by atoms with E-state index in [2.05, 4.69) is 78.7 Å². The standard InChI is InChI=1S/C22H30S2Si/c1-23-16-19-12-14-20(15-13-19)17-24-18-25(21-8-4-2-5-9-21)22-10-6-3-7-11-22/h2-11,19-20,25H,12-18H2,1H3. The summed E-state index contributed by atoms with van der Waals surface area (Å²) in [5.74, 6) is 4.70. The van der Waals surface area contributed by atoms with Gasteiger partial charge in [-0.05, 0) is 60.7 Å². The largest absolute Gasteiger partial charge is 0.165 e. The van der Waals surface area contributed by atoms with E-state index in [0.717, 1.165) is 11.8 Å². The van der Waals surface area contributed by atoms with Crippen molar-refractivity contribution in [1.82, 2.24) is 0 Å². The number of hydrogen-bond acceptors (Lipinski definition) is 2. The molecule has 0 aliphatic heterocycles. The highest BCUT2D eigenvalue weighted by Gasteiger charge is 2.22. The Kier molecular flexibility index (Phi) is 8.03. The Balaban J connectivity index is 1.54. The molecular weight excluding hydrogens is 356 g/mol. The molecule has 0 radical (unpaired) electrons. The summed E-state index contributed by atoms with van der Waals surface area (Å²) in [6.45, 7) is 0. The average molecular weight is 387 g/mol. The minimum Gasteiger partial charge on any atom is -0.165 e. The average Bonchev–Trinajstić information content (AvgIpc) is 2.68. The summed E-state index contributed by atoms with van der Waals surface area (Å²) in [4.78, 5) is 0. The van der Waals surface area contributed by atoms with Gasteiger partial charge in [0.2, 0.25) is 0 Å². The summed E-state index contributed by atoms with van der Waals surface area (Å²) >= 11 is 4.26. The van der Waals surface area contributed by atoms with Crippen LogP contribution in [-0.2, 0) is 0 Å². The van der Waals surface area contributed by atoms with Crippen molar-refractivity contribution in [3.63, 3.8) is 0 Å². The maximum Gasteiger partial charge on any atom is 0.112 e. The molecule has 0 saturated heterocycles. The molecule has 0 nitrogen and oxygen atoms in total. The number of rotatable bonds is 8. The molecule has 0 atom stereocenters. The molecule has 0 aromatic heterocycles. The maximum absolute atomic E-state index is 2.35. The molecule has 3 heteroatoms. The van der Waals surface area contributed by atoms with Crippen LogP contribution in [-0.4, -0.2) is 31.9 Å². The minimum atomic E-state index is -1.09. The maximum atomic E-state index is 2.35. The highest BCUT2D eigenvalue weighted by Crippen LogP contribution is 2.32. The SMILES string of the molecule is CSCC1CCC(CSC[SiH](c2ccccc2)c2ccccc2)CC1. The fourth-order valence-electron chi connectivity index (χ4n) is 3.91. The zero-order chi connectivity index (χ0) is 17.3. The van der Waals surface area contributed by atoms with Gasteiger partial charge >= 0.3 is 0 Å². The number of thioether (sulfide) groups is 2. The Morgan fingerprint density at radius 1 is 0.760 bits per heavy atom. The summed E-state index contributed by atoms with van der Waals surface area (Å²) in [6.07, 6.45) is 8.09. The van der Waals surface area contributed by atoms with E-state index in [4.69, 9.17) is 0 Å². The molecule has 1 saturated carbocycles. The molecule has 1 aliphatic rings. The Labute approximate surface area is 163 Å². The predicted molar refractivity (Wildman–Crippen MR) is 120 cm³/mol. The lowest BCUT2D eigenvalue weighted by Gasteiger charge is -2.28. The Hall–Kier alpha value is -0.643. The van der Waals surface area contributed by atoms with Crippen molar-refractivity contribution in [2.75, 3.05) is 23.1 Å². The van der Waals surface area contributed by atoms with E-state index < -0.39 is 8.80 Å². The molecule has 2 aromatic rings. The van der Waals surface area contributed by atoms with Gasteiger partial charge in [0.25, 0.3) is 0 Å². The van der Waals surface area contributed by atoms with Crippen LogP contribution in [0.25, 0.3) is 0 Å². The van der Waals surface area contributed by atoms with Crippen LogP contribution in [0.4, 0.5) is 0 Å². The van der Waals surface area contributed by atoms with Crippen LogP contribution in [0.1, 0.15) is 25.7 Å². The molecule has 0 bridgehead atoms. The van der Waals surface area contributed by atoms with Gasteiger partial charge in [-0.25, -0.2) is 0 Å². The molecule has 1 fully saturated rings. The lowest BCUT2D eigenvalue weighted by atomic mass is 9.84. The molecule has 134 valence electrons. The Morgan fingerprint density at radius 2 is 1.24 bits per heavy atom.